The predicted octanol–water partition coefficient (Wildman–Crippen LogP) is 0.540. The van der Waals surface area contributed by atoms with Gasteiger partial charge in [0.05, 0.1) is 18.1 Å². The van der Waals surface area contributed by atoms with Crippen LogP contribution in [-0.4, -0.2) is 58.6 Å². The Morgan fingerprint density at radius 2 is 1.94 bits per heavy atom. The predicted molar refractivity (Wildman–Crippen MR) is 73.4 cm³/mol. The summed E-state index contributed by atoms with van der Waals surface area (Å²) in [7, 11) is 0. The maximum Gasteiger partial charge on any atom is 0.0948 e. The van der Waals surface area contributed by atoms with Crippen molar-refractivity contribution in [2.75, 3.05) is 39.3 Å². The van der Waals surface area contributed by atoms with Crippen molar-refractivity contribution < 1.29 is 0 Å². The van der Waals surface area contributed by atoms with Crippen molar-refractivity contribution in [3.63, 3.8) is 0 Å². The molecule has 18 heavy (non-hydrogen) atoms. The standard InChI is InChI=1S/C13H25N5/c1-3-16-5-7-18(8-6-16)12(9-14)13-10-15-11-17(13)4-2/h10-12H,3-9,14H2,1-2H3. The minimum atomic E-state index is 0.312. The molecule has 1 saturated heterocycles. The number of imidazole rings is 1. The summed E-state index contributed by atoms with van der Waals surface area (Å²) in [5.74, 6) is 0. The summed E-state index contributed by atoms with van der Waals surface area (Å²) < 4.78 is 2.20. The lowest BCUT2D eigenvalue weighted by Gasteiger charge is -2.38. The average molecular weight is 251 g/mol. The highest BCUT2D eigenvalue weighted by Crippen LogP contribution is 2.21. The largest absolute Gasteiger partial charge is 0.333 e. The molecular weight excluding hydrogens is 226 g/mol. The van der Waals surface area contributed by atoms with E-state index in [0.717, 1.165) is 39.3 Å². The molecule has 0 aliphatic carbocycles. The van der Waals surface area contributed by atoms with Crippen molar-refractivity contribution in [3.8, 4) is 0 Å². The molecule has 0 radical (unpaired) electrons. The number of rotatable bonds is 5. The zero-order valence-electron chi connectivity index (χ0n) is 11.5. The molecule has 1 aromatic rings. The van der Waals surface area contributed by atoms with Gasteiger partial charge in [-0.2, -0.15) is 0 Å². The van der Waals surface area contributed by atoms with Crippen LogP contribution in [0, 0.1) is 0 Å². The van der Waals surface area contributed by atoms with Gasteiger partial charge in [-0.1, -0.05) is 6.92 Å². The first-order chi connectivity index (χ1) is 8.80. The van der Waals surface area contributed by atoms with Crippen LogP contribution in [0.2, 0.25) is 0 Å². The van der Waals surface area contributed by atoms with E-state index in [1.807, 2.05) is 12.5 Å². The number of aromatic nitrogens is 2. The van der Waals surface area contributed by atoms with E-state index in [2.05, 4.69) is 33.2 Å². The second-order valence-corrected chi connectivity index (χ2v) is 4.83. The van der Waals surface area contributed by atoms with Gasteiger partial charge in [0.15, 0.2) is 0 Å². The first-order valence-corrected chi connectivity index (χ1v) is 6.96. The van der Waals surface area contributed by atoms with Crippen molar-refractivity contribution in [1.82, 2.24) is 19.4 Å². The maximum atomic E-state index is 5.99. The van der Waals surface area contributed by atoms with Crippen molar-refractivity contribution >= 4 is 0 Å². The second-order valence-electron chi connectivity index (χ2n) is 4.83. The third-order valence-corrected chi connectivity index (χ3v) is 3.94. The molecule has 2 rings (SSSR count). The summed E-state index contributed by atoms with van der Waals surface area (Å²) in [6.45, 7) is 11.6. The van der Waals surface area contributed by atoms with Gasteiger partial charge in [0, 0.05) is 45.5 Å². The van der Waals surface area contributed by atoms with Crippen LogP contribution in [0.25, 0.3) is 0 Å². The van der Waals surface area contributed by atoms with Crippen LogP contribution in [0.15, 0.2) is 12.5 Å². The zero-order chi connectivity index (χ0) is 13.0. The van der Waals surface area contributed by atoms with E-state index < -0.39 is 0 Å². The van der Waals surface area contributed by atoms with E-state index in [-0.39, 0.29) is 0 Å². The number of likely N-dealkylation sites (N-methyl/N-ethyl adjacent to an activating group) is 1. The molecular formula is C13H25N5. The SMILES string of the molecule is CCN1CCN(C(CN)c2cncn2CC)CC1. The summed E-state index contributed by atoms with van der Waals surface area (Å²) in [4.78, 5) is 9.24. The van der Waals surface area contributed by atoms with E-state index in [1.54, 1.807) is 0 Å². The number of hydrogen-bond donors (Lipinski definition) is 1. The molecule has 1 aliphatic rings. The van der Waals surface area contributed by atoms with Gasteiger partial charge in [0.25, 0.3) is 0 Å². The van der Waals surface area contributed by atoms with Gasteiger partial charge in [0.1, 0.15) is 0 Å². The molecule has 2 N–H and O–H groups in total. The lowest BCUT2D eigenvalue weighted by Crippen LogP contribution is -2.49. The summed E-state index contributed by atoms with van der Waals surface area (Å²) in [5, 5.41) is 0. The molecule has 102 valence electrons. The molecule has 2 heterocycles. The second kappa shape index (κ2) is 6.31. The molecule has 1 unspecified atom stereocenters. The number of nitrogens with zero attached hydrogens (tertiary/aromatic N) is 4. The number of hydrogen-bond acceptors (Lipinski definition) is 4. The maximum absolute atomic E-state index is 5.99. The molecule has 0 saturated carbocycles. The molecule has 1 atom stereocenters. The quantitative estimate of drug-likeness (QED) is 0.830. The van der Waals surface area contributed by atoms with Crippen molar-refractivity contribution in [1.29, 1.82) is 0 Å². The van der Waals surface area contributed by atoms with Gasteiger partial charge < -0.3 is 15.2 Å². The first kappa shape index (κ1) is 13.5. The van der Waals surface area contributed by atoms with Crippen molar-refractivity contribution in [2.24, 2.45) is 5.73 Å². The minimum Gasteiger partial charge on any atom is -0.333 e. The Morgan fingerprint density at radius 3 is 2.50 bits per heavy atom. The topological polar surface area (TPSA) is 50.3 Å². The van der Waals surface area contributed by atoms with E-state index in [9.17, 15) is 0 Å². The Hall–Kier alpha value is -0.910. The summed E-state index contributed by atoms with van der Waals surface area (Å²) in [6.07, 6.45) is 3.87. The molecule has 0 aromatic carbocycles. The summed E-state index contributed by atoms with van der Waals surface area (Å²) in [6, 6.07) is 0.312. The van der Waals surface area contributed by atoms with Crippen LogP contribution < -0.4 is 5.73 Å². The fraction of sp³-hybridized carbons (Fsp3) is 0.769. The highest BCUT2D eigenvalue weighted by molar-refractivity contribution is 5.07. The molecule has 1 aromatic heterocycles. The number of aryl methyl sites for hydroxylation is 1. The molecule has 0 bridgehead atoms. The molecule has 0 spiro atoms. The van der Waals surface area contributed by atoms with Gasteiger partial charge in [-0.05, 0) is 13.5 Å². The summed E-state index contributed by atoms with van der Waals surface area (Å²) >= 11 is 0. The van der Waals surface area contributed by atoms with E-state index >= 15 is 0 Å². The Labute approximate surface area is 110 Å². The van der Waals surface area contributed by atoms with Crippen molar-refractivity contribution in [2.45, 2.75) is 26.4 Å². The fourth-order valence-electron chi connectivity index (χ4n) is 2.72. The van der Waals surface area contributed by atoms with Crippen LogP contribution in [0.1, 0.15) is 25.6 Å². The summed E-state index contributed by atoms with van der Waals surface area (Å²) in [5.41, 5.74) is 7.24. The zero-order valence-corrected chi connectivity index (χ0v) is 11.5. The molecule has 1 aliphatic heterocycles. The normalized spacial score (nSPS) is 20.2. The number of piperazine rings is 1. The monoisotopic (exact) mass is 251 g/mol. The van der Waals surface area contributed by atoms with Gasteiger partial charge in [0.2, 0.25) is 0 Å². The van der Waals surface area contributed by atoms with E-state index in [4.69, 9.17) is 5.73 Å². The Kier molecular flexibility index (Phi) is 4.74. The molecule has 1 fully saturated rings. The first-order valence-electron chi connectivity index (χ1n) is 6.96. The highest BCUT2D eigenvalue weighted by Gasteiger charge is 2.25. The number of nitrogens with two attached hydrogens (primary N) is 1. The van der Waals surface area contributed by atoms with Gasteiger partial charge >= 0.3 is 0 Å². The lowest BCUT2D eigenvalue weighted by atomic mass is 10.1. The third-order valence-electron chi connectivity index (χ3n) is 3.94. The fourth-order valence-corrected chi connectivity index (χ4v) is 2.72. The van der Waals surface area contributed by atoms with Crippen LogP contribution in [0.3, 0.4) is 0 Å². The Bertz CT molecular complexity index is 354. The van der Waals surface area contributed by atoms with Crippen LogP contribution >= 0.6 is 0 Å². The lowest BCUT2D eigenvalue weighted by molar-refractivity contribution is 0.0988. The van der Waals surface area contributed by atoms with Gasteiger partial charge in [-0.15, -0.1) is 0 Å². The van der Waals surface area contributed by atoms with E-state index in [0.29, 0.717) is 12.6 Å². The van der Waals surface area contributed by atoms with Crippen LogP contribution in [0.4, 0.5) is 0 Å². The average Bonchev–Trinajstić information content (AvgIpc) is 2.89. The Balaban J connectivity index is 2.05. The van der Waals surface area contributed by atoms with Crippen molar-refractivity contribution in [3.05, 3.63) is 18.2 Å². The van der Waals surface area contributed by atoms with Crippen LogP contribution in [-0.2, 0) is 6.54 Å². The minimum absolute atomic E-state index is 0.312. The van der Waals surface area contributed by atoms with Crippen LogP contribution in [0.5, 0.6) is 0 Å². The molecule has 5 heteroatoms. The third kappa shape index (κ3) is 2.74. The van der Waals surface area contributed by atoms with Gasteiger partial charge in [-0.25, -0.2) is 4.98 Å². The highest BCUT2D eigenvalue weighted by atomic mass is 15.3. The molecule has 5 nitrogen and oxygen atoms in total. The smallest absolute Gasteiger partial charge is 0.0948 e. The van der Waals surface area contributed by atoms with E-state index in [1.165, 1.54) is 5.69 Å². The van der Waals surface area contributed by atoms with Gasteiger partial charge in [-0.3, -0.25) is 4.90 Å². The Morgan fingerprint density at radius 1 is 1.22 bits per heavy atom. The molecule has 0 amide bonds.